The van der Waals surface area contributed by atoms with Crippen LogP contribution in [0.3, 0.4) is 0 Å². The number of hydrogen-bond acceptors (Lipinski definition) is 2. The summed E-state index contributed by atoms with van der Waals surface area (Å²) in [5.74, 6) is 2.16. The van der Waals surface area contributed by atoms with Crippen LogP contribution in [0.5, 0.6) is 0 Å². The topological polar surface area (TPSA) is 32.3 Å². The van der Waals surface area contributed by atoms with Crippen LogP contribution < -0.4 is 5.48 Å². The SMILES string of the molecule is C#CCNO. The van der Waals surface area contributed by atoms with Crippen molar-refractivity contribution in [1.29, 1.82) is 0 Å². The monoisotopic (exact) mass is 71.0 g/mol. The molecule has 0 aliphatic carbocycles. The Bertz CT molecular complexity index is 45.3. The van der Waals surface area contributed by atoms with E-state index in [0.29, 0.717) is 0 Å². The molecular formula is C3H5NO. The fourth-order valence-corrected chi connectivity index (χ4v) is 0.0456. The van der Waals surface area contributed by atoms with Crippen molar-refractivity contribution >= 4 is 0 Å². The van der Waals surface area contributed by atoms with E-state index in [1.165, 1.54) is 0 Å². The van der Waals surface area contributed by atoms with E-state index in [2.05, 4.69) is 12.3 Å². The lowest BCUT2D eigenvalue weighted by Gasteiger charge is -1.75. The first kappa shape index (κ1) is 4.48. The molecule has 0 rings (SSSR count). The molecule has 0 amide bonds. The molecule has 0 saturated heterocycles. The molecule has 0 radical (unpaired) electrons. The third-order valence-electron chi connectivity index (χ3n) is 0.181. The lowest BCUT2D eigenvalue weighted by molar-refractivity contribution is 0.182. The molecule has 5 heavy (non-hydrogen) atoms. The number of rotatable bonds is 1. The molecular weight excluding hydrogens is 66.0 g/mol. The van der Waals surface area contributed by atoms with Crippen molar-refractivity contribution in [2.24, 2.45) is 0 Å². The van der Waals surface area contributed by atoms with E-state index in [0.717, 1.165) is 0 Å². The van der Waals surface area contributed by atoms with Gasteiger partial charge in [-0.1, -0.05) is 5.92 Å². The van der Waals surface area contributed by atoms with Crippen molar-refractivity contribution in [3.05, 3.63) is 0 Å². The quantitative estimate of drug-likeness (QED) is 0.325. The largest absolute Gasteiger partial charge is 0.316 e. The zero-order valence-corrected chi connectivity index (χ0v) is 2.73. The van der Waals surface area contributed by atoms with Crippen LogP contribution in [0, 0.1) is 12.3 Å². The molecule has 2 nitrogen and oxygen atoms in total. The Kier molecular flexibility index (Phi) is 3.12. The standard InChI is InChI=1S/C3H5NO/c1-2-3-4-5/h1,4-5H,3H2. The third kappa shape index (κ3) is 3.48. The second-order valence-electron chi connectivity index (χ2n) is 0.539. The van der Waals surface area contributed by atoms with Crippen molar-refractivity contribution in [1.82, 2.24) is 5.48 Å². The lowest BCUT2D eigenvalue weighted by Crippen LogP contribution is -2.04. The maximum atomic E-state index is 7.67. The molecule has 2 heteroatoms. The Hall–Kier alpha value is -0.520. The summed E-state index contributed by atoms with van der Waals surface area (Å²) in [6.07, 6.45) is 4.67. The van der Waals surface area contributed by atoms with Gasteiger partial charge in [0.25, 0.3) is 0 Å². The second-order valence-corrected chi connectivity index (χ2v) is 0.539. The molecule has 0 unspecified atom stereocenters. The van der Waals surface area contributed by atoms with Crippen molar-refractivity contribution in [3.63, 3.8) is 0 Å². The summed E-state index contributed by atoms with van der Waals surface area (Å²) in [7, 11) is 0. The number of hydroxylamine groups is 1. The van der Waals surface area contributed by atoms with Gasteiger partial charge in [-0.3, -0.25) is 0 Å². The minimum Gasteiger partial charge on any atom is -0.316 e. The third-order valence-corrected chi connectivity index (χ3v) is 0.181. The molecule has 0 saturated carbocycles. The predicted octanol–water partition coefficient (Wildman–Crippen LogP) is -0.402. The first-order valence-corrected chi connectivity index (χ1v) is 1.22. The molecule has 0 aliphatic heterocycles. The fourth-order valence-electron chi connectivity index (χ4n) is 0.0456. The van der Waals surface area contributed by atoms with Crippen LogP contribution in [-0.4, -0.2) is 11.8 Å². The zero-order valence-electron chi connectivity index (χ0n) is 2.73. The van der Waals surface area contributed by atoms with Gasteiger partial charge in [0.15, 0.2) is 0 Å². The van der Waals surface area contributed by atoms with Crippen LogP contribution >= 0.6 is 0 Å². The summed E-state index contributed by atoms with van der Waals surface area (Å²) in [6.45, 7) is 0.222. The Morgan fingerprint density at radius 1 is 2.00 bits per heavy atom. The molecule has 0 heterocycles. The molecule has 28 valence electrons. The van der Waals surface area contributed by atoms with Gasteiger partial charge in [-0.15, -0.1) is 6.42 Å². The molecule has 0 atom stereocenters. The first-order chi connectivity index (χ1) is 2.41. The Morgan fingerprint density at radius 3 is 2.60 bits per heavy atom. The van der Waals surface area contributed by atoms with Crippen LogP contribution in [-0.2, 0) is 0 Å². The van der Waals surface area contributed by atoms with Crippen molar-refractivity contribution in [3.8, 4) is 12.3 Å². The van der Waals surface area contributed by atoms with Gasteiger partial charge in [0.2, 0.25) is 0 Å². The maximum Gasteiger partial charge on any atom is 0.0815 e. The summed E-state index contributed by atoms with van der Waals surface area (Å²) >= 11 is 0. The first-order valence-electron chi connectivity index (χ1n) is 1.22. The summed E-state index contributed by atoms with van der Waals surface area (Å²) in [6, 6.07) is 0. The van der Waals surface area contributed by atoms with Gasteiger partial charge < -0.3 is 5.21 Å². The van der Waals surface area contributed by atoms with Crippen molar-refractivity contribution in [2.75, 3.05) is 6.54 Å². The molecule has 2 N–H and O–H groups in total. The minimum absolute atomic E-state index is 0.222. The van der Waals surface area contributed by atoms with Crippen LogP contribution in [0.4, 0.5) is 0 Å². The van der Waals surface area contributed by atoms with Gasteiger partial charge in [0.1, 0.15) is 0 Å². The van der Waals surface area contributed by atoms with E-state index in [1.807, 2.05) is 0 Å². The average Bonchev–Trinajstić information content (AvgIpc) is 1.41. The summed E-state index contributed by atoms with van der Waals surface area (Å²) in [5, 5.41) is 7.67. The molecule has 0 aromatic heterocycles. The van der Waals surface area contributed by atoms with Gasteiger partial charge in [-0.05, 0) is 0 Å². The summed E-state index contributed by atoms with van der Waals surface area (Å²) in [4.78, 5) is 0. The normalized spacial score (nSPS) is 6.40. The number of nitrogens with one attached hydrogen (secondary N) is 1. The fraction of sp³-hybridized carbons (Fsp3) is 0.333. The highest BCUT2D eigenvalue weighted by Gasteiger charge is 1.57. The predicted molar refractivity (Wildman–Crippen MR) is 18.6 cm³/mol. The number of terminal acetylenes is 1. The highest BCUT2D eigenvalue weighted by Crippen LogP contribution is 1.37. The average molecular weight is 71.1 g/mol. The highest BCUT2D eigenvalue weighted by atomic mass is 16.5. The van der Waals surface area contributed by atoms with E-state index in [4.69, 9.17) is 5.21 Å². The zero-order chi connectivity index (χ0) is 4.12. The molecule has 0 aliphatic rings. The van der Waals surface area contributed by atoms with Crippen molar-refractivity contribution < 1.29 is 5.21 Å². The van der Waals surface area contributed by atoms with Gasteiger partial charge in [-0.2, -0.15) is 5.48 Å². The van der Waals surface area contributed by atoms with Crippen LogP contribution in [0.25, 0.3) is 0 Å². The Balaban J connectivity index is 2.48. The highest BCUT2D eigenvalue weighted by molar-refractivity contribution is 4.84. The van der Waals surface area contributed by atoms with E-state index in [-0.39, 0.29) is 6.54 Å². The molecule has 0 aromatic carbocycles. The van der Waals surface area contributed by atoms with E-state index in [9.17, 15) is 0 Å². The molecule has 0 aromatic rings. The Morgan fingerprint density at radius 2 is 2.60 bits per heavy atom. The van der Waals surface area contributed by atoms with E-state index < -0.39 is 0 Å². The van der Waals surface area contributed by atoms with Crippen LogP contribution in [0.15, 0.2) is 0 Å². The lowest BCUT2D eigenvalue weighted by atomic mass is 10.7. The van der Waals surface area contributed by atoms with Gasteiger partial charge in [0, 0.05) is 0 Å². The number of hydrogen-bond donors (Lipinski definition) is 2. The van der Waals surface area contributed by atoms with E-state index >= 15 is 0 Å². The van der Waals surface area contributed by atoms with Gasteiger partial charge in [0.05, 0.1) is 6.54 Å². The van der Waals surface area contributed by atoms with Crippen LogP contribution in [0.1, 0.15) is 0 Å². The molecule has 0 spiro atoms. The second kappa shape index (κ2) is 3.48. The van der Waals surface area contributed by atoms with Gasteiger partial charge >= 0.3 is 0 Å². The molecule has 0 bridgehead atoms. The minimum atomic E-state index is 0.222. The summed E-state index contributed by atoms with van der Waals surface area (Å²) < 4.78 is 0. The Labute approximate surface area is 30.8 Å². The smallest absolute Gasteiger partial charge is 0.0815 e. The molecule has 0 fully saturated rings. The van der Waals surface area contributed by atoms with Crippen LogP contribution in [0.2, 0.25) is 0 Å². The van der Waals surface area contributed by atoms with E-state index in [1.54, 1.807) is 5.48 Å². The van der Waals surface area contributed by atoms with Gasteiger partial charge in [-0.25, -0.2) is 0 Å². The summed E-state index contributed by atoms with van der Waals surface area (Å²) in [5.41, 5.74) is 1.78. The van der Waals surface area contributed by atoms with Crippen molar-refractivity contribution in [2.45, 2.75) is 0 Å². The maximum absolute atomic E-state index is 7.67.